The van der Waals surface area contributed by atoms with Crippen LogP contribution in [0.3, 0.4) is 0 Å². The summed E-state index contributed by atoms with van der Waals surface area (Å²) in [5.41, 5.74) is 1.45. The molecular weight excluding hydrogens is 348 g/mol. The van der Waals surface area contributed by atoms with Crippen LogP contribution in [-0.4, -0.2) is 38.2 Å². The number of esters is 1. The van der Waals surface area contributed by atoms with Crippen LogP contribution in [0.5, 0.6) is 17.2 Å². The summed E-state index contributed by atoms with van der Waals surface area (Å²) in [4.78, 5) is 24.4. The molecule has 0 heterocycles. The molecule has 0 unspecified atom stereocenters. The number of carbonyl (C=O) groups excluding carboxylic acids is 2. The number of rotatable bonds is 9. The highest BCUT2D eigenvalue weighted by Gasteiger charge is 2.20. The zero-order chi connectivity index (χ0) is 19.8. The van der Waals surface area contributed by atoms with Gasteiger partial charge in [-0.2, -0.15) is 0 Å². The summed E-state index contributed by atoms with van der Waals surface area (Å²) in [6.45, 7) is 5.57. The average molecular weight is 372 g/mol. The van der Waals surface area contributed by atoms with Gasteiger partial charge in [-0.1, -0.05) is 6.07 Å². The zero-order valence-electron chi connectivity index (χ0n) is 16.0. The molecule has 1 atom stereocenters. The first-order valence-corrected chi connectivity index (χ1v) is 8.68. The van der Waals surface area contributed by atoms with Crippen LogP contribution in [-0.2, 0) is 9.53 Å². The smallest absolute Gasteiger partial charge is 0.344 e. The van der Waals surface area contributed by atoms with Crippen LogP contribution >= 0.6 is 0 Å². The Kier molecular flexibility index (Phi) is 7.23. The van der Waals surface area contributed by atoms with Gasteiger partial charge in [0.05, 0.1) is 13.7 Å². The minimum absolute atomic E-state index is 0.292. The van der Waals surface area contributed by atoms with E-state index >= 15 is 0 Å². The van der Waals surface area contributed by atoms with Crippen LogP contribution < -0.4 is 14.2 Å². The number of benzene rings is 2. The molecule has 0 aromatic heterocycles. The van der Waals surface area contributed by atoms with Gasteiger partial charge in [0.25, 0.3) is 0 Å². The highest BCUT2D eigenvalue weighted by atomic mass is 16.6. The number of aryl methyl sites for hydroxylation is 1. The molecule has 0 saturated carbocycles. The molecule has 0 aliphatic rings. The molecular formula is C21H24O6. The molecule has 2 aromatic carbocycles. The molecule has 0 bridgehead atoms. The van der Waals surface area contributed by atoms with Crippen molar-refractivity contribution in [1.82, 2.24) is 0 Å². The second kappa shape index (κ2) is 9.62. The lowest BCUT2D eigenvalue weighted by Crippen LogP contribution is -2.27. The Labute approximate surface area is 159 Å². The predicted molar refractivity (Wildman–Crippen MR) is 101 cm³/mol. The number of Topliss-reactive ketones (excluding diaryl/α,β-unsaturated/α-hetero) is 1. The fourth-order valence-electron chi connectivity index (χ4n) is 2.43. The summed E-state index contributed by atoms with van der Waals surface area (Å²) < 4.78 is 21.2. The molecule has 2 rings (SSSR count). The number of ketones is 1. The fraction of sp³-hybridized carbons (Fsp3) is 0.333. The highest BCUT2D eigenvalue weighted by molar-refractivity contribution is 6.00. The van der Waals surface area contributed by atoms with Crippen molar-refractivity contribution < 1.29 is 28.5 Å². The summed E-state index contributed by atoms with van der Waals surface area (Å²) in [5.74, 6) is 0.717. The van der Waals surface area contributed by atoms with E-state index in [1.165, 1.54) is 14.0 Å². The van der Waals surface area contributed by atoms with E-state index in [9.17, 15) is 9.59 Å². The maximum Gasteiger partial charge on any atom is 0.344 e. The van der Waals surface area contributed by atoms with E-state index < -0.39 is 12.1 Å². The van der Waals surface area contributed by atoms with Crippen molar-refractivity contribution in [1.29, 1.82) is 0 Å². The van der Waals surface area contributed by atoms with E-state index in [1.54, 1.807) is 36.4 Å². The average Bonchev–Trinajstić information content (AvgIpc) is 2.67. The molecule has 0 fully saturated rings. The van der Waals surface area contributed by atoms with Gasteiger partial charge in [-0.05, 0) is 62.7 Å². The van der Waals surface area contributed by atoms with Crippen molar-refractivity contribution in [3.63, 3.8) is 0 Å². The van der Waals surface area contributed by atoms with Crippen LogP contribution in [0.4, 0.5) is 0 Å². The lowest BCUT2D eigenvalue weighted by Gasteiger charge is -2.14. The number of methoxy groups -OCH3 is 1. The Morgan fingerprint density at radius 1 is 1.00 bits per heavy atom. The summed E-state index contributed by atoms with van der Waals surface area (Å²) >= 11 is 0. The van der Waals surface area contributed by atoms with Crippen LogP contribution in [0.25, 0.3) is 0 Å². The SMILES string of the molecule is CCOc1ccc(C(=O)[C@H](C)OC(=O)COc2ccc(C)cc2OC)cc1. The van der Waals surface area contributed by atoms with E-state index in [2.05, 4.69) is 0 Å². The second-order valence-electron chi connectivity index (χ2n) is 5.90. The van der Waals surface area contributed by atoms with Gasteiger partial charge < -0.3 is 18.9 Å². The standard InChI is InChI=1S/C21H24O6/c1-5-25-17-9-7-16(8-10-17)21(23)15(3)27-20(22)13-26-18-11-6-14(2)12-19(18)24-4/h6-12,15H,5,13H2,1-4H3/t15-/m0/s1. The van der Waals surface area contributed by atoms with Crippen molar-refractivity contribution in [3.05, 3.63) is 53.6 Å². The Hall–Kier alpha value is -3.02. The first kappa shape index (κ1) is 20.3. The summed E-state index contributed by atoms with van der Waals surface area (Å²) in [5, 5.41) is 0. The lowest BCUT2D eigenvalue weighted by atomic mass is 10.1. The Balaban J connectivity index is 1.90. The maximum atomic E-state index is 12.4. The first-order chi connectivity index (χ1) is 12.9. The third kappa shape index (κ3) is 5.74. The highest BCUT2D eigenvalue weighted by Crippen LogP contribution is 2.27. The van der Waals surface area contributed by atoms with Crippen molar-refractivity contribution in [2.24, 2.45) is 0 Å². The van der Waals surface area contributed by atoms with Crippen molar-refractivity contribution in [3.8, 4) is 17.2 Å². The largest absolute Gasteiger partial charge is 0.494 e. The molecule has 0 spiro atoms. The van der Waals surface area contributed by atoms with Gasteiger partial charge in [-0.25, -0.2) is 4.79 Å². The van der Waals surface area contributed by atoms with Gasteiger partial charge >= 0.3 is 5.97 Å². The molecule has 6 nitrogen and oxygen atoms in total. The van der Waals surface area contributed by atoms with Gasteiger partial charge in [0.2, 0.25) is 5.78 Å². The van der Waals surface area contributed by atoms with Gasteiger partial charge in [0.1, 0.15) is 5.75 Å². The number of hydrogen-bond acceptors (Lipinski definition) is 6. The molecule has 0 aliphatic heterocycles. The monoisotopic (exact) mass is 372 g/mol. The molecule has 0 radical (unpaired) electrons. The minimum Gasteiger partial charge on any atom is -0.494 e. The van der Waals surface area contributed by atoms with Crippen LogP contribution in [0.1, 0.15) is 29.8 Å². The number of hydrogen-bond donors (Lipinski definition) is 0. The van der Waals surface area contributed by atoms with Crippen molar-refractivity contribution in [2.75, 3.05) is 20.3 Å². The Morgan fingerprint density at radius 2 is 1.70 bits per heavy atom. The van der Waals surface area contributed by atoms with Crippen molar-refractivity contribution >= 4 is 11.8 Å². The molecule has 0 amide bonds. The van der Waals surface area contributed by atoms with Crippen LogP contribution in [0, 0.1) is 6.92 Å². The van der Waals surface area contributed by atoms with Crippen LogP contribution in [0.2, 0.25) is 0 Å². The molecule has 144 valence electrons. The Bertz CT molecular complexity index is 782. The van der Waals surface area contributed by atoms with Gasteiger partial charge in [-0.3, -0.25) is 4.79 Å². The first-order valence-electron chi connectivity index (χ1n) is 8.68. The lowest BCUT2D eigenvalue weighted by molar-refractivity contribution is -0.148. The van der Waals surface area contributed by atoms with E-state index in [0.29, 0.717) is 29.4 Å². The minimum atomic E-state index is -0.918. The van der Waals surface area contributed by atoms with Gasteiger partial charge in [-0.15, -0.1) is 0 Å². The maximum absolute atomic E-state index is 12.4. The normalized spacial score (nSPS) is 11.4. The third-order valence-electron chi connectivity index (χ3n) is 3.79. The third-order valence-corrected chi connectivity index (χ3v) is 3.79. The molecule has 27 heavy (non-hydrogen) atoms. The quantitative estimate of drug-likeness (QED) is 0.495. The molecule has 0 N–H and O–H groups in total. The molecule has 6 heteroatoms. The molecule has 0 aliphatic carbocycles. The van der Waals surface area contributed by atoms with E-state index in [-0.39, 0.29) is 12.4 Å². The Morgan fingerprint density at radius 3 is 2.33 bits per heavy atom. The van der Waals surface area contributed by atoms with E-state index in [1.807, 2.05) is 19.9 Å². The van der Waals surface area contributed by atoms with E-state index in [4.69, 9.17) is 18.9 Å². The van der Waals surface area contributed by atoms with Crippen molar-refractivity contribution in [2.45, 2.75) is 26.9 Å². The van der Waals surface area contributed by atoms with Crippen LogP contribution in [0.15, 0.2) is 42.5 Å². The van der Waals surface area contributed by atoms with E-state index in [0.717, 1.165) is 5.56 Å². The summed E-state index contributed by atoms with van der Waals surface area (Å²) in [7, 11) is 1.53. The molecule has 2 aromatic rings. The predicted octanol–water partition coefficient (Wildman–Crippen LogP) is 3.60. The molecule has 0 saturated heterocycles. The summed E-state index contributed by atoms with van der Waals surface area (Å²) in [6, 6.07) is 12.1. The summed E-state index contributed by atoms with van der Waals surface area (Å²) in [6.07, 6.45) is -0.918. The zero-order valence-corrected chi connectivity index (χ0v) is 16.0. The van der Waals surface area contributed by atoms with Gasteiger partial charge in [0, 0.05) is 5.56 Å². The number of ether oxygens (including phenoxy) is 4. The second-order valence-corrected chi connectivity index (χ2v) is 5.90. The van der Waals surface area contributed by atoms with Gasteiger partial charge in [0.15, 0.2) is 24.2 Å². The number of carbonyl (C=O) groups is 2. The fourth-order valence-corrected chi connectivity index (χ4v) is 2.43. The topological polar surface area (TPSA) is 71.1 Å².